The van der Waals surface area contributed by atoms with Gasteiger partial charge in [0, 0.05) is 24.1 Å². The fourth-order valence-corrected chi connectivity index (χ4v) is 4.47. The number of benzene rings is 2. The highest BCUT2D eigenvalue weighted by Crippen LogP contribution is 2.29. The summed E-state index contributed by atoms with van der Waals surface area (Å²) in [6, 6.07) is 19.1. The topological polar surface area (TPSA) is 96.5 Å². The molecule has 0 bridgehead atoms. The average molecular weight is 500 g/mol. The molecule has 3 amide bonds. The summed E-state index contributed by atoms with van der Waals surface area (Å²) in [6.45, 7) is 10.8. The SMILES string of the molecule is CC(=O)NCSC(C)(C)C(NC(=O)OC(C)(C)C)C(=O)NCC(c1ccccc1)c1ccccc1. The molecule has 0 aliphatic carbocycles. The second kappa shape index (κ2) is 12.6. The molecule has 8 heteroatoms. The summed E-state index contributed by atoms with van der Waals surface area (Å²) in [5, 5.41) is 8.52. The molecule has 1 atom stereocenters. The molecule has 0 aliphatic rings. The predicted molar refractivity (Wildman–Crippen MR) is 141 cm³/mol. The second-order valence-corrected chi connectivity index (χ2v) is 11.5. The quantitative estimate of drug-likeness (QED) is 0.420. The first-order chi connectivity index (χ1) is 16.4. The Labute approximate surface area is 212 Å². The molecule has 35 heavy (non-hydrogen) atoms. The highest BCUT2D eigenvalue weighted by Gasteiger charge is 2.38. The van der Waals surface area contributed by atoms with Crippen LogP contribution in [0.5, 0.6) is 0 Å². The molecule has 0 saturated heterocycles. The van der Waals surface area contributed by atoms with Gasteiger partial charge in [0.15, 0.2) is 0 Å². The van der Waals surface area contributed by atoms with E-state index in [1.165, 1.54) is 18.7 Å². The Bertz CT molecular complexity index is 935. The van der Waals surface area contributed by atoms with E-state index in [1.54, 1.807) is 20.8 Å². The van der Waals surface area contributed by atoms with Gasteiger partial charge in [-0.2, -0.15) is 0 Å². The summed E-state index contributed by atoms with van der Waals surface area (Å²) in [4.78, 5) is 37.4. The second-order valence-electron chi connectivity index (χ2n) is 9.82. The average Bonchev–Trinajstić information content (AvgIpc) is 2.77. The van der Waals surface area contributed by atoms with Crippen LogP contribution in [0.15, 0.2) is 60.7 Å². The van der Waals surface area contributed by atoms with Crippen molar-refractivity contribution in [1.29, 1.82) is 0 Å². The minimum Gasteiger partial charge on any atom is -0.444 e. The van der Waals surface area contributed by atoms with Crippen molar-refractivity contribution in [2.24, 2.45) is 0 Å². The van der Waals surface area contributed by atoms with Crippen LogP contribution in [0.2, 0.25) is 0 Å². The van der Waals surface area contributed by atoms with Gasteiger partial charge in [0.1, 0.15) is 11.6 Å². The Morgan fingerprint density at radius 3 is 1.83 bits per heavy atom. The number of thioether (sulfide) groups is 1. The van der Waals surface area contributed by atoms with Crippen LogP contribution < -0.4 is 16.0 Å². The number of carbonyl (C=O) groups is 3. The van der Waals surface area contributed by atoms with Crippen LogP contribution in [0.1, 0.15) is 58.6 Å². The van der Waals surface area contributed by atoms with Crippen molar-refractivity contribution in [3.05, 3.63) is 71.8 Å². The zero-order valence-electron chi connectivity index (χ0n) is 21.4. The summed E-state index contributed by atoms with van der Waals surface area (Å²) >= 11 is 1.37. The lowest BCUT2D eigenvalue weighted by Gasteiger charge is -2.34. The van der Waals surface area contributed by atoms with Gasteiger partial charge in [0.2, 0.25) is 11.8 Å². The molecule has 1 unspecified atom stereocenters. The van der Waals surface area contributed by atoms with E-state index >= 15 is 0 Å². The molecule has 7 nitrogen and oxygen atoms in total. The standard InChI is InChI=1S/C27H37N3O4S/c1-19(31)29-18-35-27(5,6)23(30-25(33)34-26(2,3)4)24(32)28-17-22(20-13-9-7-10-14-20)21-15-11-8-12-16-21/h7-16,22-23H,17-18H2,1-6H3,(H,28,32)(H,29,31)(H,30,33). The van der Waals surface area contributed by atoms with Crippen molar-refractivity contribution in [3.8, 4) is 0 Å². The summed E-state index contributed by atoms with van der Waals surface area (Å²) in [7, 11) is 0. The lowest BCUT2D eigenvalue weighted by molar-refractivity contribution is -0.123. The van der Waals surface area contributed by atoms with E-state index in [0.717, 1.165) is 11.1 Å². The van der Waals surface area contributed by atoms with Crippen LogP contribution in [0.3, 0.4) is 0 Å². The molecule has 2 aromatic carbocycles. The van der Waals surface area contributed by atoms with E-state index in [2.05, 4.69) is 16.0 Å². The molecular formula is C27H37N3O4S. The molecule has 0 heterocycles. The van der Waals surface area contributed by atoms with Gasteiger partial charge in [0.25, 0.3) is 0 Å². The van der Waals surface area contributed by atoms with Crippen molar-refractivity contribution >= 4 is 29.7 Å². The van der Waals surface area contributed by atoms with Gasteiger partial charge in [-0.25, -0.2) is 4.79 Å². The zero-order chi connectivity index (χ0) is 26.1. The minimum absolute atomic E-state index is 0.0568. The highest BCUT2D eigenvalue weighted by atomic mass is 32.2. The van der Waals surface area contributed by atoms with Crippen LogP contribution in [0.25, 0.3) is 0 Å². The third kappa shape index (κ3) is 9.64. The van der Waals surface area contributed by atoms with Gasteiger partial charge in [-0.15, -0.1) is 11.8 Å². The van der Waals surface area contributed by atoms with E-state index in [1.807, 2.05) is 74.5 Å². The van der Waals surface area contributed by atoms with Crippen molar-refractivity contribution < 1.29 is 19.1 Å². The number of hydrogen-bond donors (Lipinski definition) is 3. The van der Waals surface area contributed by atoms with E-state index in [9.17, 15) is 14.4 Å². The molecule has 3 N–H and O–H groups in total. The first kappa shape index (κ1) is 28.2. The number of alkyl carbamates (subject to hydrolysis) is 1. The first-order valence-corrected chi connectivity index (χ1v) is 12.6. The van der Waals surface area contributed by atoms with Crippen molar-refractivity contribution in [2.45, 2.75) is 63.9 Å². The molecule has 0 aromatic heterocycles. The number of hydrogen-bond acceptors (Lipinski definition) is 5. The van der Waals surface area contributed by atoms with E-state index in [4.69, 9.17) is 4.74 Å². The Balaban J connectivity index is 2.23. The number of amides is 3. The Morgan fingerprint density at radius 1 is 0.857 bits per heavy atom. The van der Waals surface area contributed by atoms with E-state index in [0.29, 0.717) is 12.4 Å². The van der Waals surface area contributed by atoms with Gasteiger partial charge >= 0.3 is 6.09 Å². The Morgan fingerprint density at radius 2 is 1.37 bits per heavy atom. The molecule has 190 valence electrons. The largest absolute Gasteiger partial charge is 0.444 e. The first-order valence-electron chi connectivity index (χ1n) is 11.6. The molecule has 0 fully saturated rings. The number of nitrogens with one attached hydrogen (secondary N) is 3. The number of carbonyl (C=O) groups excluding carboxylic acids is 3. The summed E-state index contributed by atoms with van der Waals surface area (Å²) in [5.74, 6) is -0.242. The smallest absolute Gasteiger partial charge is 0.408 e. The molecule has 0 radical (unpaired) electrons. The van der Waals surface area contributed by atoms with Gasteiger partial charge in [0.05, 0.1) is 5.88 Å². The Kier molecular flexibility index (Phi) is 10.2. The lowest BCUT2D eigenvalue weighted by Crippen LogP contribution is -2.57. The fourth-order valence-electron chi connectivity index (χ4n) is 3.49. The third-order valence-electron chi connectivity index (χ3n) is 5.27. The van der Waals surface area contributed by atoms with E-state index < -0.39 is 22.5 Å². The maximum absolute atomic E-state index is 13.5. The molecule has 0 aliphatic heterocycles. The van der Waals surface area contributed by atoms with Crippen LogP contribution >= 0.6 is 11.8 Å². The molecule has 2 aromatic rings. The molecular weight excluding hydrogens is 462 g/mol. The number of ether oxygens (including phenoxy) is 1. The van der Waals surface area contributed by atoms with Gasteiger partial charge in [-0.1, -0.05) is 60.7 Å². The molecule has 2 rings (SSSR count). The maximum atomic E-state index is 13.5. The zero-order valence-corrected chi connectivity index (χ0v) is 22.2. The highest BCUT2D eigenvalue weighted by molar-refractivity contribution is 8.00. The summed E-state index contributed by atoms with van der Waals surface area (Å²) in [5.41, 5.74) is 1.45. The van der Waals surface area contributed by atoms with E-state index in [-0.39, 0.29) is 17.7 Å². The van der Waals surface area contributed by atoms with Gasteiger partial charge < -0.3 is 20.7 Å². The summed E-state index contributed by atoms with van der Waals surface area (Å²) < 4.78 is 4.67. The Hall–Kier alpha value is -3.00. The monoisotopic (exact) mass is 499 g/mol. The van der Waals surface area contributed by atoms with Gasteiger partial charge in [-0.3, -0.25) is 9.59 Å². The summed E-state index contributed by atoms with van der Waals surface area (Å²) in [6.07, 6.45) is -0.673. The third-order valence-corrected chi connectivity index (χ3v) is 6.54. The number of rotatable bonds is 10. The van der Waals surface area contributed by atoms with Crippen molar-refractivity contribution in [3.63, 3.8) is 0 Å². The molecule has 0 spiro atoms. The molecule has 0 saturated carbocycles. The van der Waals surface area contributed by atoms with Crippen LogP contribution in [0, 0.1) is 0 Å². The van der Waals surface area contributed by atoms with Crippen molar-refractivity contribution in [1.82, 2.24) is 16.0 Å². The predicted octanol–water partition coefficient (Wildman–Crippen LogP) is 4.43. The maximum Gasteiger partial charge on any atom is 0.408 e. The van der Waals surface area contributed by atoms with Crippen LogP contribution in [-0.4, -0.2) is 46.7 Å². The lowest BCUT2D eigenvalue weighted by atomic mass is 9.91. The minimum atomic E-state index is -0.900. The fraction of sp³-hybridized carbons (Fsp3) is 0.444. The van der Waals surface area contributed by atoms with Crippen LogP contribution in [-0.2, 0) is 14.3 Å². The normalized spacial score (nSPS) is 12.5. The van der Waals surface area contributed by atoms with Gasteiger partial charge in [-0.05, 0) is 45.7 Å². The van der Waals surface area contributed by atoms with Crippen molar-refractivity contribution in [2.75, 3.05) is 12.4 Å². The van der Waals surface area contributed by atoms with Crippen LogP contribution in [0.4, 0.5) is 4.79 Å².